The third kappa shape index (κ3) is 33.3. The van der Waals surface area contributed by atoms with Gasteiger partial charge in [0.1, 0.15) is 5.78 Å². The van der Waals surface area contributed by atoms with Gasteiger partial charge in [0.15, 0.2) is 0 Å². The lowest BCUT2D eigenvalue weighted by Gasteiger charge is -2.41. The Morgan fingerprint density at radius 2 is 0.797 bits per heavy atom. The molecule has 9 atom stereocenters. The van der Waals surface area contributed by atoms with Crippen LogP contribution in [0.5, 0.6) is 0 Å². The highest BCUT2D eigenvalue weighted by Crippen LogP contribution is 2.43. The molecule has 734 valence electrons. The number of nitrogens with two attached hydrogens (primary N) is 3. The van der Waals surface area contributed by atoms with Crippen LogP contribution in [-0.2, 0) is 33.6 Å². The molecule has 12 N–H and O–H groups in total. The Morgan fingerprint density at radius 1 is 0.436 bits per heavy atom. The molecule has 1 unspecified atom stereocenters. The van der Waals surface area contributed by atoms with E-state index in [9.17, 15) is 45.5 Å². The number of ketones is 1. The third-order valence-electron chi connectivity index (χ3n) is 29.2. The Bertz CT molecular complexity index is 4400. The van der Waals surface area contributed by atoms with E-state index in [1.807, 2.05) is 110 Å². The normalized spacial score (nSPS) is 23.0. The van der Waals surface area contributed by atoms with Gasteiger partial charge >= 0.3 is 6.03 Å². The van der Waals surface area contributed by atoms with Crippen molar-refractivity contribution in [3.05, 3.63) is 196 Å². The fourth-order valence-electron chi connectivity index (χ4n) is 21.9. The first kappa shape index (κ1) is 106. The number of aromatic nitrogens is 3. The van der Waals surface area contributed by atoms with Crippen molar-refractivity contribution in [3.8, 4) is 0 Å². The molecule has 6 aromatic rings. The Hall–Kier alpha value is -7.17. The average molecular weight is 1890 g/mol. The van der Waals surface area contributed by atoms with Gasteiger partial charge in [-0.15, -0.1) is 0 Å². The van der Waals surface area contributed by atoms with E-state index in [2.05, 4.69) is 97.7 Å². The quantitative estimate of drug-likeness (QED) is 0.0128. The number of carbonyl (C=O) groups excluding carboxylic acids is 4. The molecule has 133 heavy (non-hydrogen) atoms. The van der Waals surface area contributed by atoms with Gasteiger partial charge in [0.2, 0.25) is 29.6 Å². The van der Waals surface area contributed by atoms with Crippen LogP contribution in [0.2, 0.25) is 0 Å². The lowest BCUT2D eigenvalue weighted by Crippen LogP contribution is -2.56. The number of halogens is 6. The van der Waals surface area contributed by atoms with Crippen LogP contribution in [0.4, 0.5) is 31.1 Å². The highest BCUT2D eigenvalue weighted by atomic mass is 32.1. The molecule has 3 aromatic carbocycles. The van der Waals surface area contributed by atoms with Crippen molar-refractivity contribution in [2.24, 2.45) is 35.0 Å². The number of unbranched alkanes of at least 4 members (excludes halogenated alkanes) is 3. The number of hydrogen-bond donors (Lipinski definition) is 9. The van der Waals surface area contributed by atoms with Gasteiger partial charge < -0.3 is 58.9 Å². The molecule has 30 heteroatoms. The molecule has 3 saturated carbocycles. The van der Waals surface area contributed by atoms with Gasteiger partial charge in [-0.05, 0) is 244 Å². The number of rotatable bonds is 40. The summed E-state index contributed by atoms with van der Waals surface area (Å²) in [5.74, 6) is -8.75. The van der Waals surface area contributed by atoms with E-state index in [4.69, 9.17) is 32.2 Å². The van der Waals surface area contributed by atoms with Crippen LogP contribution in [0, 0.1) is 17.8 Å². The minimum absolute atomic E-state index is 0. The second-order valence-electron chi connectivity index (χ2n) is 38.8. The number of nitrogens with one attached hydrogen (secondary N) is 6. The van der Waals surface area contributed by atoms with Crippen molar-refractivity contribution in [2.45, 2.75) is 265 Å². The molecule has 6 fully saturated rings. The number of primary amides is 1. The fraction of sp³-hybridized carbons (Fsp3) is 0.641. The molecule has 3 saturated heterocycles. The molecule has 3 aromatic heterocycles. The molecule has 0 bridgehead atoms. The molecule has 0 spiro atoms. The van der Waals surface area contributed by atoms with E-state index in [-0.39, 0.29) is 157 Å². The SMILES string of the molecule is NC(=O)NCCCCN(CC1CN(CC[C@H](NC(=O)C2CCC(F)(F)CC2)c2ccccc2)CCN1)[C@H]1CCCc2cccnc21.NCCCCN(C[C@@H]1CN(CC[C@H](CC(=O)C2CCC(F)(F)CC2)c2ccccc2)CCN1)[C@H]1CCCc2cccnc21.NCCCCN(C[C@@H]1CN(C[C@@H](NC(=O)C2CCC(F)(F)CC2)c2ccccc2)CCN1)[C@H]1CCCc2cccnc21.S.S. The van der Waals surface area contributed by atoms with E-state index in [1.165, 1.54) is 52.2 Å². The van der Waals surface area contributed by atoms with E-state index in [0.717, 1.165) is 225 Å². The van der Waals surface area contributed by atoms with Crippen LogP contribution in [0.1, 0.15) is 260 Å². The standard InChI is InChI=1S/C35H51F2N7O2.C35H51F2N5O.C33H48F2N6O.2H2S/c36-35(37)16-13-28(14-17-35)33(45)42-30(26-8-2-1-3-9-26)15-22-43-23-20-39-29(24-43)25-44(21-5-4-18-41-34(38)46)31-12-6-10-27-11-7-19-40-32(27)31;36-35(37)16-13-28(14-17-35)33(43)24-30(27-8-2-1-3-9-27)15-22-41-23-20-39-31(25-41)26-42(21-5-4-18-38)32-12-6-10-29-11-7-19-40-34(29)32;34-33(35)15-13-27(14-16-33)32(42)39-29(25-8-2-1-3-9-25)24-40-21-19-37-28(22-40)23-41(20-5-4-17-36)30-12-6-10-26-11-7-18-38-31(26)30;;/h1-3,7-9,11,19,28-31,39H,4-6,10,12-18,20-25H2,(H,42,45)(H3,38,41,46);1-3,7-9,11,19,28,30-32,39H,4-6,10,12-18,20-26,38H2;1-3,7-9,11,18,27-30,37H,4-6,10,12-17,19-24,36H2,(H,39,42);2*1H2/t29?,30-,31-;30-,31+,32+;28-,29+,30-;;/m010../s1. The maximum Gasteiger partial charge on any atom is 0.312 e. The lowest BCUT2D eigenvalue weighted by molar-refractivity contribution is -0.131. The number of carbonyl (C=O) groups is 4. The van der Waals surface area contributed by atoms with Crippen LogP contribution in [0.15, 0.2) is 146 Å². The van der Waals surface area contributed by atoms with Crippen molar-refractivity contribution in [1.82, 2.24) is 76.3 Å². The van der Waals surface area contributed by atoms with Crippen LogP contribution in [-0.4, -0.2) is 241 Å². The first-order chi connectivity index (χ1) is 63.6. The van der Waals surface area contributed by atoms with Crippen molar-refractivity contribution >= 4 is 50.6 Å². The highest BCUT2D eigenvalue weighted by molar-refractivity contribution is 7.59. The van der Waals surface area contributed by atoms with Crippen molar-refractivity contribution in [1.29, 1.82) is 0 Å². The number of urea groups is 1. The van der Waals surface area contributed by atoms with Crippen LogP contribution >= 0.6 is 27.0 Å². The van der Waals surface area contributed by atoms with E-state index in [0.29, 0.717) is 63.1 Å². The average Bonchev–Trinajstić information content (AvgIpc) is 0.809. The van der Waals surface area contributed by atoms with Gasteiger partial charge in [-0.1, -0.05) is 109 Å². The molecule has 6 aliphatic carbocycles. The Morgan fingerprint density at radius 3 is 1.20 bits per heavy atom. The van der Waals surface area contributed by atoms with Crippen LogP contribution in [0.3, 0.4) is 0 Å². The summed E-state index contributed by atoms with van der Waals surface area (Å²) in [6, 6.07) is 44.2. The second kappa shape index (κ2) is 54.3. The third-order valence-corrected chi connectivity index (χ3v) is 29.2. The highest BCUT2D eigenvalue weighted by Gasteiger charge is 2.43. The predicted molar refractivity (Wildman–Crippen MR) is 527 cm³/mol. The number of amides is 4. The van der Waals surface area contributed by atoms with Crippen molar-refractivity contribution < 1.29 is 45.5 Å². The minimum Gasteiger partial charge on any atom is -0.352 e. The predicted octanol–water partition coefficient (Wildman–Crippen LogP) is 15.0. The van der Waals surface area contributed by atoms with Gasteiger partial charge in [0, 0.05) is 198 Å². The summed E-state index contributed by atoms with van der Waals surface area (Å²) in [5, 5.41) is 20.5. The van der Waals surface area contributed by atoms with Crippen LogP contribution in [0.25, 0.3) is 0 Å². The minimum atomic E-state index is -2.65. The maximum atomic E-state index is 13.7. The Balaban J connectivity index is 0.000000191. The maximum absolute atomic E-state index is 13.7. The Labute approximate surface area is 801 Å². The molecule has 15 rings (SSSR count). The lowest BCUT2D eigenvalue weighted by atomic mass is 9.80. The summed E-state index contributed by atoms with van der Waals surface area (Å²) in [5.41, 5.74) is 28.0. The molecule has 9 aliphatic rings. The molecule has 0 radical (unpaired) electrons. The number of aryl methyl sites for hydroxylation is 3. The number of pyridine rings is 3. The molecule has 22 nitrogen and oxygen atoms in total. The number of benzene rings is 3. The van der Waals surface area contributed by atoms with E-state index < -0.39 is 23.8 Å². The monoisotopic (exact) mass is 1890 g/mol. The Kier molecular flexibility index (Phi) is 43.4. The van der Waals surface area contributed by atoms with Crippen molar-refractivity contribution in [2.75, 3.05) is 137 Å². The number of alkyl halides is 6. The molecule has 3 aliphatic heterocycles. The summed E-state index contributed by atoms with van der Waals surface area (Å²) in [4.78, 5) is 80.7. The summed E-state index contributed by atoms with van der Waals surface area (Å²) in [6.45, 7) is 18.5. The van der Waals surface area contributed by atoms with Gasteiger partial charge in [0.25, 0.3) is 0 Å². The number of Topliss-reactive ketones (excluding diaryl/α,β-unsaturated/α-hetero) is 1. The zero-order valence-electron chi connectivity index (χ0n) is 78.5. The second-order valence-corrected chi connectivity index (χ2v) is 38.8. The molecular formula is C103H154F6N18O4S2. The first-order valence-corrected chi connectivity index (χ1v) is 49.9. The first-order valence-electron chi connectivity index (χ1n) is 49.9. The number of fused-ring (bicyclic) bond motifs is 3. The fourth-order valence-corrected chi connectivity index (χ4v) is 21.9. The van der Waals surface area contributed by atoms with Gasteiger partial charge in [-0.3, -0.25) is 48.9 Å². The van der Waals surface area contributed by atoms with Crippen molar-refractivity contribution in [3.63, 3.8) is 0 Å². The molecular weight excluding hydrogens is 1730 g/mol. The van der Waals surface area contributed by atoms with Gasteiger partial charge in [-0.25, -0.2) is 31.1 Å². The smallest absolute Gasteiger partial charge is 0.312 e. The number of piperazine rings is 3. The van der Waals surface area contributed by atoms with Gasteiger partial charge in [0.05, 0.1) is 47.3 Å². The zero-order valence-corrected chi connectivity index (χ0v) is 80.5. The largest absolute Gasteiger partial charge is 0.352 e. The van der Waals surface area contributed by atoms with Gasteiger partial charge in [-0.2, -0.15) is 27.0 Å². The number of hydrogen-bond acceptors (Lipinski definition) is 18. The summed E-state index contributed by atoms with van der Waals surface area (Å²) in [6.07, 6.45) is 24.5. The molecule has 6 heterocycles. The van der Waals surface area contributed by atoms with E-state index >= 15 is 0 Å². The summed E-state index contributed by atoms with van der Waals surface area (Å²) >= 11 is 0. The van der Waals surface area contributed by atoms with Crippen LogP contribution < -0.4 is 49.1 Å². The molecule has 4 amide bonds. The number of nitrogens with zero attached hydrogens (tertiary/aromatic N) is 9. The zero-order chi connectivity index (χ0) is 91.8. The topological polar surface area (TPSA) is 277 Å². The summed E-state index contributed by atoms with van der Waals surface area (Å²) in [7, 11) is 0. The van der Waals surface area contributed by atoms with E-state index in [1.54, 1.807) is 0 Å². The summed E-state index contributed by atoms with van der Waals surface area (Å²) < 4.78 is 82.4.